The second-order valence-corrected chi connectivity index (χ2v) is 3.17. The molecule has 0 aromatic rings. The molecule has 64 valence electrons. The molecule has 1 saturated heterocycles. The number of ether oxygens (including phenoxy) is 1. The predicted molar refractivity (Wildman–Crippen MR) is 36.8 cm³/mol. The molecule has 1 aliphatic rings. The van der Waals surface area contributed by atoms with Crippen LogP contribution < -0.4 is 0 Å². The van der Waals surface area contributed by atoms with Gasteiger partial charge in [-0.3, -0.25) is 4.79 Å². The number of hydrogen-bond donors (Lipinski definition) is 2. The van der Waals surface area contributed by atoms with E-state index in [0.29, 0.717) is 0 Å². The number of aliphatic hydroxyl groups excluding tert-OH is 1. The molecule has 3 atom stereocenters. The Balaban J connectivity index is 2.75. The van der Waals surface area contributed by atoms with Crippen LogP contribution in [0.15, 0.2) is 0 Å². The largest absolute Gasteiger partial charge is 0.460 e. The van der Waals surface area contributed by atoms with E-state index in [2.05, 4.69) is 4.74 Å². The van der Waals surface area contributed by atoms with Crippen LogP contribution >= 0.6 is 0 Å². The molecule has 0 amide bonds. The summed E-state index contributed by atoms with van der Waals surface area (Å²) in [7, 11) is 0. The van der Waals surface area contributed by atoms with Gasteiger partial charge in [0.05, 0.1) is 6.42 Å². The molecule has 4 nitrogen and oxygen atoms in total. The second kappa shape index (κ2) is 2.46. The van der Waals surface area contributed by atoms with E-state index in [1.165, 1.54) is 6.92 Å². The first-order valence-corrected chi connectivity index (χ1v) is 3.53. The third-order valence-corrected chi connectivity index (χ3v) is 1.90. The lowest BCUT2D eigenvalue weighted by Crippen LogP contribution is -2.53. The van der Waals surface area contributed by atoms with E-state index in [9.17, 15) is 15.0 Å². The molecule has 1 rings (SSSR count). The van der Waals surface area contributed by atoms with Crippen LogP contribution in [0, 0.1) is 0 Å². The zero-order chi connectivity index (χ0) is 8.65. The number of rotatable bonds is 0. The summed E-state index contributed by atoms with van der Waals surface area (Å²) in [5, 5.41) is 18.7. The SMILES string of the molecule is C[C@H]1OC(=O)C[C@@](C)(O)[C@@H]1O. The maximum Gasteiger partial charge on any atom is 0.309 e. The monoisotopic (exact) mass is 160 g/mol. The molecule has 0 aromatic heterocycles. The van der Waals surface area contributed by atoms with Gasteiger partial charge in [-0.25, -0.2) is 0 Å². The lowest BCUT2D eigenvalue weighted by Gasteiger charge is -2.36. The van der Waals surface area contributed by atoms with Crippen LogP contribution in [-0.4, -0.2) is 34.0 Å². The number of esters is 1. The van der Waals surface area contributed by atoms with Crippen molar-refractivity contribution in [3.63, 3.8) is 0 Å². The standard InChI is InChI=1S/C7H12O4/c1-4-6(9)7(2,10)3-5(8)11-4/h4,6,9-10H,3H2,1-2H3/t4-,6-,7-/m1/s1. The molecule has 0 aromatic carbocycles. The highest BCUT2D eigenvalue weighted by atomic mass is 16.6. The molecule has 0 unspecified atom stereocenters. The molecule has 2 N–H and O–H groups in total. The highest BCUT2D eigenvalue weighted by Crippen LogP contribution is 2.25. The smallest absolute Gasteiger partial charge is 0.309 e. The highest BCUT2D eigenvalue weighted by Gasteiger charge is 2.42. The Bertz CT molecular complexity index is 175. The molecule has 0 aliphatic carbocycles. The Kier molecular flexibility index (Phi) is 1.90. The van der Waals surface area contributed by atoms with E-state index in [-0.39, 0.29) is 6.42 Å². The quantitative estimate of drug-likeness (QED) is 0.466. The number of aliphatic hydroxyl groups is 2. The van der Waals surface area contributed by atoms with Gasteiger partial charge in [0.1, 0.15) is 17.8 Å². The van der Waals surface area contributed by atoms with Crippen molar-refractivity contribution in [2.75, 3.05) is 0 Å². The van der Waals surface area contributed by atoms with Crippen LogP contribution in [-0.2, 0) is 9.53 Å². The van der Waals surface area contributed by atoms with Crippen LogP contribution in [0.3, 0.4) is 0 Å². The highest BCUT2D eigenvalue weighted by molar-refractivity contribution is 5.72. The lowest BCUT2D eigenvalue weighted by molar-refractivity contribution is -0.193. The van der Waals surface area contributed by atoms with Gasteiger partial charge < -0.3 is 14.9 Å². The maximum atomic E-state index is 10.7. The second-order valence-electron chi connectivity index (χ2n) is 3.17. The van der Waals surface area contributed by atoms with Crippen LogP contribution in [0.5, 0.6) is 0 Å². The van der Waals surface area contributed by atoms with Crippen molar-refractivity contribution in [2.24, 2.45) is 0 Å². The molecular formula is C7H12O4. The molecule has 1 fully saturated rings. The van der Waals surface area contributed by atoms with Gasteiger partial charge in [-0.1, -0.05) is 0 Å². The summed E-state index contributed by atoms with van der Waals surface area (Å²) in [5.41, 5.74) is -1.34. The van der Waals surface area contributed by atoms with Gasteiger partial charge in [-0.15, -0.1) is 0 Å². The van der Waals surface area contributed by atoms with Crippen LogP contribution in [0.4, 0.5) is 0 Å². The fourth-order valence-corrected chi connectivity index (χ4v) is 1.22. The van der Waals surface area contributed by atoms with Gasteiger partial charge in [0.15, 0.2) is 0 Å². The molecule has 4 heteroatoms. The Hall–Kier alpha value is -0.610. The maximum absolute atomic E-state index is 10.7. The van der Waals surface area contributed by atoms with Crippen molar-refractivity contribution in [1.82, 2.24) is 0 Å². The van der Waals surface area contributed by atoms with Gasteiger partial charge >= 0.3 is 5.97 Å². The molecule has 1 heterocycles. The first kappa shape index (κ1) is 8.49. The van der Waals surface area contributed by atoms with E-state index in [1.807, 2.05) is 0 Å². The average Bonchev–Trinajstić information content (AvgIpc) is 1.81. The van der Waals surface area contributed by atoms with E-state index in [1.54, 1.807) is 6.92 Å². The Labute approximate surface area is 64.8 Å². The molecule has 0 bridgehead atoms. The third-order valence-electron chi connectivity index (χ3n) is 1.90. The topological polar surface area (TPSA) is 66.8 Å². The number of hydrogen-bond acceptors (Lipinski definition) is 4. The Morgan fingerprint density at radius 1 is 1.73 bits per heavy atom. The van der Waals surface area contributed by atoms with Gasteiger partial charge in [-0.2, -0.15) is 0 Å². The zero-order valence-corrected chi connectivity index (χ0v) is 6.57. The fourth-order valence-electron chi connectivity index (χ4n) is 1.22. The van der Waals surface area contributed by atoms with Gasteiger partial charge in [-0.05, 0) is 13.8 Å². The first-order chi connectivity index (χ1) is 4.93. The molecule has 0 spiro atoms. The zero-order valence-electron chi connectivity index (χ0n) is 6.57. The molecule has 0 saturated carbocycles. The van der Waals surface area contributed by atoms with E-state index < -0.39 is 23.8 Å². The van der Waals surface area contributed by atoms with Crippen molar-refractivity contribution >= 4 is 5.97 Å². The number of carbonyl (C=O) groups is 1. The van der Waals surface area contributed by atoms with Crippen LogP contribution in [0.25, 0.3) is 0 Å². The van der Waals surface area contributed by atoms with Gasteiger partial charge in [0, 0.05) is 0 Å². The normalized spacial score (nSPS) is 45.3. The van der Waals surface area contributed by atoms with Crippen molar-refractivity contribution in [2.45, 2.75) is 38.1 Å². The van der Waals surface area contributed by atoms with Crippen LogP contribution in [0.1, 0.15) is 20.3 Å². The van der Waals surface area contributed by atoms with E-state index in [0.717, 1.165) is 0 Å². The predicted octanol–water partition coefficient (Wildman–Crippen LogP) is -0.566. The molecule has 11 heavy (non-hydrogen) atoms. The van der Waals surface area contributed by atoms with Gasteiger partial charge in [0.25, 0.3) is 0 Å². The first-order valence-electron chi connectivity index (χ1n) is 3.53. The van der Waals surface area contributed by atoms with Crippen molar-refractivity contribution in [3.05, 3.63) is 0 Å². The molecule has 0 radical (unpaired) electrons. The minimum absolute atomic E-state index is 0.140. The lowest BCUT2D eigenvalue weighted by atomic mass is 9.89. The minimum Gasteiger partial charge on any atom is -0.460 e. The minimum atomic E-state index is -1.34. The Morgan fingerprint density at radius 2 is 2.27 bits per heavy atom. The average molecular weight is 160 g/mol. The summed E-state index contributed by atoms with van der Waals surface area (Å²) in [6.07, 6.45) is -1.75. The summed E-state index contributed by atoms with van der Waals surface area (Å²) in [5.74, 6) is -0.465. The summed E-state index contributed by atoms with van der Waals surface area (Å²) in [4.78, 5) is 10.7. The Morgan fingerprint density at radius 3 is 2.73 bits per heavy atom. The summed E-state index contributed by atoms with van der Waals surface area (Å²) < 4.78 is 4.69. The van der Waals surface area contributed by atoms with E-state index >= 15 is 0 Å². The van der Waals surface area contributed by atoms with Crippen molar-refractivity contribution in [3.8, 4) is 0 Å². The fraction of sp³-hybridized carbons (Fsp3) is 0.857. The summed E-state index contributed by atoms with van der Waals surface area (Å²) in [6, 6.07) is 0. The van der Waals surface area contributed by atoms with Crippen molar-refractivity contribution in [1.29, 1.82) is 0 Å². The molecule has 1 aliphatic heterocycles. The van der Waals surface area contributed by atoms with Crippen molar-refractivity contribution < 1.29 is 19.7 Å². The third kappa shape index (κ3) is 1.52. The van der Waals surface area contributed by atoms with Gasteiger partial charge in [0.2, 0.25) is 0 Å². The summed E-state index contributed by atoms with van der Waals surface area (Å²) >= 11 is 0. The number of carbonyl (C=O) groups excluding carboxylic acids is 1. The number of cyclic esters (lactones) is 1. The summed E-state index contributed by atoms with van der Waals surface area (Å²) in [6.45, 7) is 2.98. The van der Waals surface area contributed by atoms with Crippen LogP contribution in [0.2, 0.25) is 0 Å². The van der Waals surface area contributed by atoms with E-state index in [4.69, 9.17) is 0 Å². The molecular weight excluding hydrogens is 148 g/mol.